The molecular weight excluding hydrogens is 316 g/mol. The molecule has 1 N–H and O–H groups in total. The highest BCUT2D eigenvalue weighted by Crippen LogP contribution is 2.14. The van der Waals surface area contributed by atoms with Crippen LogP contribution in [0.1, 0.15) is 31.7 Å². The molecule has 0 radical (unpaired) electrons. The van der Waals surface area contributed by atoms with Crippen molar-refractivity contribution in [2.75, 3.05) is 19.7 Å². The number of urea groups is 1. The van der Waals surface area contributed by atoms with Gasteiger partial charge in [-0.15, -0.1) is 0 Å². The van der Waals surface area contributed by atoms with Crippen LogP contribution in [-0.2, 0) is 11.3 Å². The molecule has 1 aromatic heterocycles. The Morgan fingerprint density at radius 3 is 3.12 bits per heavy atom. The molecule has 1 fully saturated rings. The van der Waals surface area contributed by atoms with Gasteiger partial charge in [-0.25, -0.2) is 9.48 Å². The molecule has 0 spiro atoms. The molecule has 1 saturated heterocycles. The number of carbonyl (C=O) groups is 1. The Kier molecular flexibility index (Phi) is 6.06. The summed E-state index contributed by atoms with van der Waals surface area (Å²) in [6.45, 7) is 4.85. The van der Waals surface area contributed by atoms with Crippen molar-refractivity contribution in [3.05, 3.63) is 48.3 Å². The fourth-order valence-corrected chi connectivity index (χ4v) is 3.06. The Labute approximate surface area is 148 Å². The van der Waals surface area contributed by atoms with Gasteiger partial charge in [0.15, 0.2) is 0 Å². The van der Waals surface area contributed by atoms with Crippen molar-refractivity contribution in [1.82, 2.24) is 20.0 Å². The zero-order chi connectivity index (χ0) is 17.5. The highest BCUT2D eigenvalue weighted by Gasteiger charge is 2.23. The van der Waals surface area contributed by atoms with Gasteiger partial charge < -0.3 is 15.0 Å². The predicted octanol–water partition coefficient (Wildman–Crippen LogP) is 2.97. The number of piperidine rings is 1. The first-order valence-electron chi connectivity index (χ1n) is 8.99. The van der Waals surface area contributed by atoms with E-state index in [2.05, 4.69) is 17.3 Å². The number of hydrogen-bond acceptors (Lipinski definition) is 3. The summed E-state index contributed by atoms with van der Waals surface area (Å²) in [6.07, 6.45) is 6.87. The molecule has 2 aromatic rings. The highest BCUT2D eigenvalue weighted by atomic mass is 16.5. The second-order valence-corrected chi connectivity index (χ2v) is 6.36. The van der Waals surface area contributed by atoms with E-state index in [0.29, 0.717) is 13.1 Å². The van der Waals surface area contributed by atoms with Gasteiger partial charge >= 0.3 is 6.03 Å². The number of ether oxygens (including phenoxy) is 1. The minimum atomic E-state index is -0.0192. The van der Waals surface area contributed by atoms with Crippen molar-refractivity contribution >= 4 is 6.03 Å². The predicted molar refractivity (Wildman–Crippen MR) is 96.6 cm³/mol. The summed E-state index contributed by atoms with van der Waals surface area (Å²) in [6, 6.07) is 9.90. The maximum Gasteiger partial charge on any atom is 0.317 e. The maximum absolute atomic E-state index is 12.4. The lowest BCUT2D eigenvalue weighted by molar-refractivity contribution is 0.0100. The number of aromatic nitrogens is 2. The van der Waals surface area contributed by atoms with Crippen LogP contribution < -0.4 is 5.32 Å². The van der Waals surface area contributed by atoms with E-state index in [1.807, 2.05) is 46.1 Å². The van der Waals surface area contributed by atoms with E-state index in [4.69, 9.17) is 4.74 Å². The van der Waals surface area contributed by atoms with Crippen LogP contribution in [0.15, 0.2) is 42.7 Å². The molecule has 134 valence electrons. The van der Waals surface area contributed by atoms with Crippen molar-refractivity contribution in [3.8, 4) is 5.69 Å². The Morgan fingerprint density at radius 1 is 1.40 bits per heavy atom. The smallest absolute Gasteiger partial charge is 0.317 e. The molecule has 0 bridgehead atoms. The first kappa shape index (κ1) is 17.5. The lowest BCUT2D eigenvalue weighted by Crippen LogP contribution is -2.47. The third-order valence-corrected chi connectivity index (χ3v) is 4.35. The number of benzene rings is 1. The zero-order valence-corrected chi connectivity index (χ0v) is 14.7. The summed E-state index contributed by atoms with van der Waals surface area (Å²) < 4.78 is 7.61. The molecule has 1 atom stereocenters. The van der Waals surface area contributed by atoms with Crippen LogP contribution in [-0.4, -0.2) is 46.5 Å². The lowest BCUT2D eigenvalue weighted by atomic mass is 10.1. The normalized spacial score (nSPS) is 17.5. The van der Waals surface area contributed by atoms with Gasteiger partial charge in [0.25, 0.3) is 0 Å². The number of amides is 2. The standard InChI is InChI=1S/C19H26N4O2/c1-2-12-25-18-8-4-10-22(15-18)19(24)20-14-16-6-3-7-17(13-16)23-11-5-9-21-23/h3,5-7,9,11,13,18H,2,4,8,10,12,14-15H2,1H3,(H,20,24)/t18-/m0/s1. The summed E-state index contributed by atoms with van der Waals surface area (Å²) in [4.78, 5) is 14.3. The summed E-state index contributed by atoms with van der Waals surface area (Å²) in [5, 5.41) is 7.26. The van der Waals surface area contributed by atoms with Gasteiger partial charge in [0, 0.05) is 38.6 Å². The summed E-state index contributed by atoms with van der Waals surface area (Å²) in [7, 11) is 0. The van der Waals surface area contributed by atoms with Crippen LogP contribution in [0.5, 0.6) is 0 Å². The number of hydrogen-bond donors (Lipinski definition) is 1. The molecule has 0 saturated carbocycles. The molecule has 2 heterocycles. The van der Waals surface area contributed by atoms with Gasteiger partial charge in [-0.3, -0.25) is 0 Å². The topological polar surface area (TPSA) is 59.4 Å². The molecule has 1 aliphatic rings. The van der Waals surface area contributed by atoms with Gasteiger partial charge in [0.2, 0.25) is 0 Å². The number of nitrogens with one attached hydrogen (secondary N) is 1. The molecular formula is C19H26N4O2. The van der Waals surface area contributed by atoms with Crippen LogP contribution in [0.3, 0.4) is 0 Å². The van der Waals surface area contributed by atoms with Gasteiger partial charge in [-0.2, -0.15) is 5.10 Å². The number of nitrogens with zero attached hydrogens (tertiary/aromatic N) is 3. The SMILES string of the molecule is CCCO[C@H]1CCCN(C(=O)NCc2cccc(-n3cccn3)c2)C1. The van der Waals surface area contributed by atoms with Crippen LogP contribution >= 0.6 is 0 Å². The molecule has 6 heteroatoms. The Balaban J connectivity index is 1.53. The van der Waals surface area contributed by atoms with E-state index in [1.165, 1.54) is 0 Å². The quantitative estimate of drug-likeness (QED) is 0.878. The molecule has 6 nitrogen and oxygen atoms in total. The maximum atomic E-state index is 12.4. The fraction of sp³-hybridized carbons (Fsp3) is 0.474. The van der Waals surface area contributed by atoms with E-state index in [9.17, 15) is 4.79 Å². The van der Waals surface area contributed by atoms with Gasteiger partial charge in [-0.05, 0) is 43.0 Å². The Hall–Kier alpha value is -2.34. The molecule has 0 unspecified atom stereocenters. The molecule has 1 aromatic carbocycles. The van der Waals surface area contributed by atoms with Gasteiger partial charge in [-0.1, -0.05) is 19.1 Å². The van der Waals surface area contributed by atoms with Crippen molar-refractivity contribution in [2.24, 2.45) is 0 Å². The minimum Gasteiger partial charge on any atom is -0.376 e. The van der Waals surface area contributed by atoms with Crippen molar-refractivity contribution in [2.45, 2.75) is 38.8 Å². The van der Waals surface area contributed by atoms with E-state index >= 15 is 0 Å². The van der Waals surface area contributed by atoms with Crippen LogP contribution in [0.4, 0.5) is 4.79 Å². The number of rotatable bonds is 6. The average Bonchev–Trinajstić information content (AvgIpc) is 3.20. The van der Waals surface area contributed by atoms with E-state index in [0.717, 1.165) is 43.7 Å². The average molecular weight is 342 g/mol. The zero-order valence-electron chi connectivity index (χ0n) is 14.7. The number of carbonyl (C=O) groups excluding carboxylic acids is 1. The third kappa shape index (κ3) is 4.82. The first-order chi connectivity index (χ1) is 12.3. The molecule has 0 aliphatic carbocycles. The summed E-state index contributed by atoms with van der Waals surface area (Å²) in [5.74, 6) is 0. The lowest BCUT2D eigenvalue weighted by Gasteiger charge is -2.32. The van der Waals surface area contributed by atoms with Gasteiger partial charge in [0.1, 0.15) is 0 Å². The van der Waals surface area contributed by atoms with E-state index in [1.54, 1.807) is 6.20 Å². The molecule has 2 amide bonds. The highest BCUT2D eigenvalue weighted by molar-refractivity contribution is 5.74. The first-order valence-corrected chi connectivity index (χ1v) is 8.99. The minimum absolute atomic E-state index is 0.0192. The summed E-state index contributed by atoms with van der Waals surface area (Å²) in [5.41, 5.74) is 2.04. The number of likely N-dealkylation sites (tertiary alicyclic amines) is 1. The third-order valence-electron chi connectivity index (χ3n) is 4.35. The van der Waals surface area contributed by atoms with Crippen molar-refractivity contribution in [3.63, 3.8) is 0 Å². The molecule has 25 heavy (non-hydrogen) atoms. The van der Waals surface area contributed by atoms with Crippen LogP contribution in [0.2, 0.25) is 0 Å². The Bertz CT molecular complexity index is 672. The second-order valence-electron chi connectivity index (χ2n) is 6.36. The van der Waals surface area contributed by atoms with Crippen LogP contribution in [0.25, 0.3) is 5.69 Å². The molecule has 1 aliphatic heterocycles. The largest absolute Gasteiger partial charge is 0.376 e. The summed E-state index contributed by atoms with van der Waals surface area (Å²) >= 11 is 0. The van der Waals surface area contributed by atoms with E-state index in [-0.39, 0.29) is 12.1 Å². The van der Waals surface area contributed by atoms with Crippen LogP contribution in [0, 0.1) is 0 Å². The second kappa shape index (κ2) is 8.67. The van der Waals surface area contributed by atoms with Crippen molar-refractivity contribution in [1.29, 1.82) is 0 Å². The van der Waals surface area contributed by atoms with Gasteiger partial charge in [0.05, 0.1) is 11.8 Å². The Morgan fingerprint density at radius 2 is 2.32 bits per heavy atom. The van der Waals surface area contributed by atoms with E-state index < -0.39 is 0 Å². The fourth-order valence-electron chi connectivity index (χ4n) is 3.06. The molecule has 3 rings (SSSR count). The monoisotopic (exact) mass is 342 g/mol. The van der Waals surface area contributed by atoms with Crippen molar-refractivity contribution < 1.29 is 9.53 Å².